The number of halogens is 4. The van der Waals surface area contributed by atoms with Gasteiger partial charge < -0.3 is 51.9 Å². The lowest BCUT2D eigenvalue weighted by Gasteiger charge is -2.55. The summed E-state index contributed by atoms with van der Waals surface area (Å²) in [6, 6.07) is 51.8. The first-order valence-corrected chi connectivity index (χ1v) is 42.9. The summed E-state index contributed by atoms with van der Waals surface area (Å²) in [5.74, 6) is -0.717. The number of esters is 4. The topological polar surface area (TPSA) is 261 Å². The second kappa shape index (κ2) is 40.7. The van der Waals surface area contributed by atoms with Crippen LogP contribution in [-0.4, -0.2) is 133 Å². The lowest BCUT2D eigenvalue weighted by molar-refractivity contribution is -0.894. The number of nitrogens with one attached hydrogen (secondary N) is 1. The molecule has 6 aromatic rings. The van der Waals surface area contributed by atoms with Gasteiger partial charge in [0.05, 0.1) is 64.8 Å². The highest BCUT2D eigenvalue weighted by Gasteiger charge is 2.57. The van der Waals surface area contributed by atoms with Crippen LogP contribution in [-0.2, 0) is 89.6 Å². The molecule has 14 rings (SSSR count). The van der Waals surface area contributed by atoms with Crippen molar-refractivity contribution in [1.82, 2.24) is 0 Å². The SMILES string of the molecule is C=COCCOc1c(C)cc([S+](c2ccccc2)c2ccccc2)cc1C.C=COCCOc1c(C)cc([S+](c2ccccc2)c2ccccc2)cc1C.CC[NH+](CC)CC.O=C(OCCOC(=O)C(F)(F)S(=O)(=O)[O-])C12CC3CC(CC(C3)C1)C2.O=C(OCCOC(=O)C(F)(F)S(=O)(=O)[O-])C12CC3CC(CC(C3)C1)C2. The first-order chi connectivity index (χ1) is 52.8. The molecule has 8 fully saturated rings. The van der Waals surface area contributed by atoms with E-state index in [9.17, 15) is 62.7 Å². The van der Waals surface area contributed by atoms with Crippen LogP contribution in [0.15, 0.2) is 201 Å². The molecule has 27 heteroatoms. The molecule has 8 aliphatic carbocycles. The Labute approximate surface area is 656 Å². The second-order valence-electron chi connectivity index (χ2n) is 29.1. The van der Waals surface area contributed by atoms with Gasteiger partial charge in [0.2, 0.25) is 0 Å². The fraction of sp³-hybridized carbons (Fsp3) is 0.476. The standard InChI is InChI=1S/2C24H25O2S.2C15H20F2O7S.C6H15N/c2*1-4-25-15-16-26-24-19(2)17-23(18-20(24)3)27(21-11-7-5-8-12-21)22-13-9-6-10-14-22;2*16-15(17,25(20,21)22)13(19)24-2-1-23-12(18)14-6-9-3-10(7-14)5-11(4-9)8-14;1-4-7(5-2)6-3/h2*4-14,17-18H,1,15-16H2,2-3H3;2*9-11H,1-8H2,(H,20,21,22);4-6H2,1-3H3/q2*+1;;;/p-1. The average Bonchev–Trinajstić information content (AvgIpc) is 0.745. The molecule has 111 heavy (non-hydrogen) atoms. The molecule has 604 valence electrons. The smallest absolute Gasteiger partial charge is 0.428 e. The van der Waals surface area contributed by atoms with Crippen LogP contribution < -0.4 is 14.4 Å². The molecule has 0 amide bonds. The van der Waals surface area contributed by atoms with Gasteiger partial charge in [-0.15, -0.1) is 0 Å². The summed E-state index contributed by atoms with van der Waals surface area (Å²) in [6.07, 6.45) is 14.3. The highest BCUT2D eigenvalue weighted by molar-refractivity contribution is 7.97. The number of aryl methyl sites for hydroxylation is 4. The minimum absolute atomic E-state index is 0.146. The summed E-state index contributed by atoms with van der Waals surface area (Å²) in [5.41, 5.74) is 3.53. The number of benzene rings is 6. The summed E-state index contributed by atoms with van der Waals surface area (Å²) >= 11 is 0. The third-order valence-electron chi connectivity index (χ3n) is 21.0. The highest BCUT2D eigenvalue weighted by atomic mass is 32.2. The Morgan fingerprint density at radius 3 is 0.883 bits per heavy atom. The maximum Gasteiger partial charge on any atom is 0.428 e. The molecular formula is C84H104F4NO18S4+. The van der Waals surface area contributed by atoms with Gasteiger partial charge in [-0.3, -0.25) is 9.59 Å². The lowest BCUT2D eigenvalue weighted by atomic mass is 9.49. The molecule has 0 heterocycles. The van der Waals surface area contributed by atoms with E-state index in [1.165, 1.54) is 61.5 Å². The fourth-order valence-corrected chi connectivity index (χ4v) is 21.8. The van der Waals surface area contributed by atoms with Crippen LogP contribution >= 0.6 is 0 Å². The molecule has 0 atom stereocenters. The number of hydrogen-bond acceptors (Lipinski definition) is 18. The number of alkyl halides is 4. The first kappa shape index (κ1) is 88.6. The third kappa shape index (κ3) is 23.6. The number of carbonyl (C=O) groups excluding carboxylic acids is 4. The molecular weight excluding hydrogens is 1520 g/mol. The van der Waals surface area contributed by atoms with Gasteiger partial charge in [0, 0.05) is 24.3 Å². The van der Waals surface area contributed by atoms with Crippen molar-refractivity contribution in [2.24, 2.45) is 46.3 Å². The predicted octanol–water partition coefficient (Wildman–Crippen LogP) is 14.7. The number of quaternary nitrogens is 1. The zero-order valence-electron chi connectivity index (χ0n) is 64.1. The Morgan fingerprint density at radius 1 is 0.423 bits per heavy atom. The molecule has 8 aliphatic rings. The molecule has 1 N–H and O–H groups in total. The van der Waals surface area contributed by atoms with Crippen molar-refractivity contribution >= 4 is 65.9 Å². The number of carbonyl (C=O) groups is 4. The molecule has 6 aromatic carbocycles. The van der Waals surface area contributed by atoms with Gasteiger partial charge in [-0.05, 0) is 232 Å². The van der Waals surface area contributed by atoms with Crippen molar-refractivity contribution in [3.05, 3.63) is 194 Å². The van der Waals surface area contributed by atoms with Gasteiger partial charge in [0.25, 0.3) is 0 Å². The number of hydrogen-bond donors (Lipinski definition) is 1. The van der Waals surface area contributed by atoms with Crippen molar-refractivity contribution < 1.29 is 105 Å². The van der Waals surface area contributed by atoms with Gasteiger partial charge in [0.1, 0.15) is 64.4 Å². The summed E-state index contributed by atoms with van der Waals surface area (Å²) in [6.45, 7) is 25.7. The van der Waals surface area contributed by atoms with Crippen LogP contribution in [0, 0.1) is 74.0 Å². The summed E-state index contributed by atoms with van der Waals surface area (Å²) in [4.78, 5) is 56.4. The van der Waals surface area contributed by atoms with Crippen molar-refractivity contribution in [1.29, 1.82) is 0 Å². The maximum absolute atomic E-state index is 12.9. The van der Waals surface area contributed by atoms with Crippen LogP contribution in [0.25, 0.3) is 0 Å². The summed E-state index contributed by atoms with van der Waals surface area (Å²) in [7, 11) is -12.6. The zero-order chi connectivity index (χ0) is 80.7. The maximum atomic E-state index is 12.9. The van der Waals surface area contributed by atoms with E-state index in [-0.39, 0.29) is 21.8 Å². The van der Waals surface area contributed by atoms with Gasteiger partial charge >= 0.3 is 34.4 Å². The minimum Gasteiger partial charge on any atom is -0.743 e. The van der Waals surface area contributed by atoms with Crippen LogP contribution in [0.1, 0.15) is 120 Å². The van der Waals surface area contributed by atoms with Crippen molar-refractivity contribution in [2.75, 3.05) is 72.5 Å². The lowest BCUT2D eigenvalue weighted by Crippen LogP contribution is -3.11. The molecule has 0 saturated heterocycles. The quantitative estimate of drug-likeness (QED) is 0.00806. The fourth-order valence-electron chi connectivity index (χ4n) is 16.8. The van der Waals surface area contributed by atoms with Gasteiger partial charge in [-0.25, -0.2) is 26.4 Å². The monoisotopic (exact) mass is 1620 g/mol. The Bertz CT molecular complexity index is 3820. The molecule has 0 unspecified atom stereocenters. The minimum atomic E-state index is -6.15. The predicted molar refractivity (Wildman–Crippen MR) is 412 cm³/mol. The van der Waals surface area contributed by atoms with E-state index in [2.05, 4.69) is 217 Å². The largest absolute Gasteiger partial charge is 0.743 e. The third-order valence-corrected chi connectivity index (χ3v) is 27.0. The second-order valence-corrected chi connectivity index (χ2v) is 36.0. The number of rotatable bonds is 31. The van der Waals surface area contributed by atoms with E-state index in [4.69, 9.17) is 28.4 Å². The summed E-state index contributed by atoms with van der Waals surface area (Å²) < 4.78 is 154. The van der Waals surface area contributed by atoms with Crippen LogP contribution in [0.5, 0.6) is 11.5 Å². The average molecular weight is 1620 g/mol. The van der Waals surface area contributed by atoms with E-state index >= 15 is 0 Å². The van der Waals surface area contributed by atoms with Crippen molar-refractivity contribution in [2.45, 2.75) is 165 Å². The van der Waals surface area contributed by atoms with Crippen LogP contribution in [0.2, 0.25) is 0 Å². The molecule has 19 nitrogen and oxygen atoms in total. The summed E-state index contributed by atoms with van der Waals surface area (Å²) in [5, 5.41) is -10.3. The molecule has 8 bridgehead atoms. The normalized spacial score (nSPS) is 21.1. The molecule has 0 radical (unpaired) electrons. The van der Waals surface area contributed by atoms with E-state index in [1.54, 1.807) is 4.90 Å². The van der Waals surface area contributed by atoms with E-state index in [0.717, 1.165) is 111 Å². The number of ether oxygens (including phenoxy) is 8. The van der Waals surface area contributed by atoms with Crippen LogP contribution in [0.3, 0.4) is 0 Å². The van der Waals surface area contributed by atoms with Crippen molar-refractivity contribution in [3.8, 4) is 11.5 Å². The molecule has 0 spiro atoms. The van der Waals surface area contributed by atoms with Gasteiger partial charge in [-0.1, -0.05) is 86.0 Å². The Kier molecular flexibility index (Phi) is 32.5. The van der Waals surface area contributed by atoms with E-state index in [0.29, 0.717) is 61.9 Å². The Morgan fingerprint density at radius 2 is 0.667 bits per heavy atom. The first-order valence-electron chi connectivity index (χ1n) is 37.6. The Balaban J connectivity index is 0.000000180. The molecule has 0 aliphatic heterocycles. The van der Waals surface area contributed by atoms with Gasteiger partial charge in [0.15, 0.2) is 49.6 Å². The van der Waals surface area contributed by atoms with E-state index < -0.39 is 91.9 Å². The molecule has 0 aromatic heterocycles. The Hall–Kier alpha value is -7.92. The van der Waals surface area contributed by atoms with Crippen LogP contribution in [0.4, 0.5) is 17.6 Å². The van der Waals surface area contributed by atoms with E-state index in [1.807, 2.05) is 0 Å². The highest BCUT2D eigenvalue weighted by Crippen LogP contribution is 2.62. The zero-order valence-corrected chi connectivity index (χ0v) is 67.4. The van der Waals surface area contributed by atoms with Gasteiger partial charge in [-0.2, -0.15) is 17.6 Å². The van der Waals surface area contributed by atoms with Crippen molar-refractivity contribution in [3.63, 3.8) is 0 Å². The molecule has 8 saturated carbocycles.